The fourth-order valence-electron chi connectivity index (χ4n) is 2.20. The fourth-order valence-corrected chi connectivity index (χ4v) is 2.49. The van der Waals surface area contributed by atoms with E-state index in [9.17, 15) is 0 Å². The molecule has 20 heavy (non-hydrogen) atoms. The number of nitrogens with zero attached hydrogens (tertiary/aromatic N) is 2. The Morgan fingerprint density at radius 3 is 2.55 bits per heavy atom. The second-order valence-corrected chi connectivity index (χ2v) is 5.82. The van der Waals surface area contributed by atoms with Crippen LogP contribution in [0.2, 0.25) is 0 Å². The topological polar surface area (TPSA) is 61.0 Å². The maximum atomic E-state index is 5.92. The fraction of sp³-hybridized carbons (Fsp3) is 0.333. The number of nitrogens with two attached hydrogens (primary N) is 1. The highest BCUT2D eigenvalue weighted by atomic mass is 79.9. The molecule has 0 atom stereocenters. The van der Waals surface area contributed by atoms with E-state index in [1.165, 1.54) is 18.4 Å². The lowest BCUT2D eigenvalue weighted by Gasteiger charge is -2.09. The molecule has 0 aliphatic heterocycles. The molecule has 1 aromatic heterocycles. The SMILES string of the molecule is COCc1nc(-c2ccc(C3CC3)cc2)nc(N)c1Br. The molecular formula is C15H16BrN3O. The first kappa shape index (κ1) is 13.5. The van der Waals surface area contributed by atoms with Gasteiger partial charge in [0.15, 0.2) is 5.82 Å². The number of anilines is 1. The number of nitrogen functional groups attached to an aromatic ring is 1. The Kier molecular flexibility index (Phi) is 3.72. The van der Waals surface area contributed by atoms with Crippen LogP contribution in [0.3, 0.4) is 0 Å². The van der Waals surface area contributed by atoms with E-state index in [1.54, 1.807) is 7.11 Å². The van der Waals surface area contributed by atoms with Crippen molar-refractivity contribution in [1.29, 1.82) is 0 Å². The Bertz CT molecular complexity index is 624. The van der Waals surface area contributed by atoms with Crippen LogP contribution in [-0.2, 0) is 11.3 Å². The summed E-state index contributed by atoms with van der Waals surface area (Å²) in [6.07, 6.45) is 2.61. The molecule has 1 fully saturated rings. The molecule has 1 aromatic carbocycles. The van der Waals surface area contributed by atoms with Crippen molar-refractivity contribution in [2.24, 2.45) is 0 Å². The number of rotatable bonds is 4. The highest BCUT2D eigenvalue weighted by Crippen LogP contribution is 2.40. The maximum absolute atomic E-state index is 5.92. The molecule has 0 bridgehead atoms. The van der Waals surface area contributed by atoms with Crippen LogP contribution >= 0.6 is 15.9 Å². The van der Waals surface area contributed by atoms with Crippen LogP contribution in [0.4, 0.5) is 5.82 Å². The Hall–Kier alpha value is -1.46. The minimum absolute atomic E-state index is 0.403. The summed E-state index contributed by atoms with van der Waals surface area (Å²) < 4.78 is 5.84. The molecule has 0 unspecified atom stereocenters. The van der Waals surface area contributed by atoms with Crippen LogP contribution < -0.4 is 5.73 Å². The van der Waals surface area contributed by atoms with Crippen molar-refractivity contribution in [3.8, 4) is 11.4 Å². The van der Waals surface area contributed by atoms with Gasteiger partial charge in [0.1, 0.15) is 5.82 Å². The predicted octanol–water partition coefficient (Wildman–Crippen LogP) is 3.51. The van der Waals surface area contributed by atoms with E-state index in [4.69, 9.17) is 10.5 Å². The Balaban J connectivity index is 1.95. The van der Waals surface area contributed by atoms with E-state index in [0.29, 0.717) is 22.7 Å². The third kappa shape index (κ3) is 2.69. The summed E-state index contributed by atoms with van der Waals surface area (Å²) in [7, 11) is 1.63. The second kappa shape index (κ2) is 5.50. The lowest BCUT2D eigenvalue weighted by atomic mass is 10.1. The third-order valence-corrected chi connectivity index (χ3v) is 4.31. The average molecular weight is 334 g/mol. The van der Waals surface area contributed by atoms with Crippen molar-refractivity contribution in [1.82, 2.24) is 9.97 Å². The van der Waals surface area contributed by atoms with Crippen molar-refractivity contribution in [2.75, 3.05) is 12.8 Å². The van der Waals surface area contributed by atoms with Crippen LogP contribution in [0.5, 0.6) is 0 Å². The third-order valence-electron chi connectivity index (χ3n) is 3.44. The van der Waals surface area contributed by atoms with Crippen molar-refractivity contribution < 1.29 is 4.74 Å². The van der Waals surface area contributed by atoms with Crippen molar-refractivity contribution in [3.05, 3.63) is 40.0 Å². The van der Waals surface area contributed by atoms with E-state index >= 15 is 0 Å². The summed E-state index contributed by atoms with van der Waals surface area (Å²) in [5.74, 6) is 1.83. The molecule has 2 N–H and O–H groups in total. The highest BCUT2D eigenvalue weighted by molar-refractivity contribution is 9.10. The molecule has 2 aromatic rings. The normalized spacial score (nSPS) is 14.5. The van der Waals surface area contributed by atoms with Gasteiger partial charge < -0.3 is 10.5 Å². The summed E-state index contributed by atoms with van der Waals surface area (Å²) in [4.78, 5) is 8.86. The smallest absolute Gasteiger partial charge is 0.161 e. The summed E-state index contributed by atoms with van der Waals surface area (Å²) in [6, 6.07) is 8.44. The molecule has 1 aliphatic rings. The lowest BCUT2D eigenvalue weighted by Crippen LogP contribution is -2.03. The van der Waals surface area contributed by atoms with Gasteiger partial charge in [-0.1, -0.05) is 24.3 Å². The van der Waals surface area contributed by atoms with Gasteiger partial charge in [-0.25, -0.2) is 9.97 Å². The first-order valence-corrected chi connectivity index (χ1v) is 7.39. The number of aromatic nitrogens is 2. The number of halogens is 1. The molecule has 0 spiro atoms. The van der Waals surface area contributed by atoms with Gasteiger partial charge in [-0.05, 0) is 40.3 Å². The van der Waals surface area contributed by atoms with Crippen LogP contribution in [0.1, 0.15) is 30.0 Å². The molecule has 5 heteroatoms. The van der Waals surface area contributed by atoms with Crippen molar-refractivity contribution in [2.45, 2.75) is 25.4 Å². The largest absolute Gasteiger partial charge is 0.383 e. The van der Waals surface area contributed by atoms with Gasteiger partial charge in [0, 0.05) is 12.7 Å². The Labute approximate surface area is 126 Å². The molecule has 0 saturated heterocycles. The molecule has 0 radical (unpaired) electrons. The Morgan fingerprint density at radius 2 is 1.95 bits per heavy atom. The van der Waals surface area contributed by atoms with Gasteiger partial charge >= 0.3 is 0 Å². The molecule has 0 amide bonds. The molecular weight excluding hydrogens is 318 g/mol. The zero-order chi connectivity index (χ0) is 14.1. The summed E-state index contributed by atoms with van der Waals surface area (Å²) in [5.41, 5.74) is 9.07. The minimum atomic E-state index is 0.403. The van der Waals surface area contributed by atoms with Crippen molar-refractivity contribution in [3.63, 3.8) is 0 Å². The lowest BCUT2D eigenvalue weighted by molar-refractivity contribution is 0.181. The quantitative estimate of drug-likeness (QED) is 0.929. The van der Waals surface area contributed by atoms with Crippen LogP contribution in [-0.4, -0.2) is 17.1 Å². The molecule has 1 saturated carbocycles. The number of methoxy groups -OCH3 is 1. The Morgan fingerprint density at radius 1 is 1.25 bits per heavy atom. The molecule has 1 heterocycles. The zero-order valence-corrected chi connectivity index (χ0v) is 12.9. The van der Waals surface area contributed by atoms with E-state index in [2.05, 4.69) is 50.2 Å². The number of hydrogen-bond acceptors (Lipinski definition) is 4. The standard InChI is InChI=1S/C15H16BrN3O/c1-20-8-12-13(16)14(17)19-15(18-12)11-6-4-10(5-7-11)9-2-3-9/h4-7,9H,2-3,8H2,1H3,(H2,17,18,19). The van der Waals surface area contributed by atoms with E-state index in [1.807, 2.05) is 0 Å². The highest BCUT2D eigenvalue weighted by Gasteiger charge is 2.23. The first-order valence-electron chi connectivity index (χ1n) is 6.60. The minimum Gasteiger partial charge on any atom is -0.383 e. The first-order chi connectivity index (χ1) is 9.69. The molecule has 3 rings (SSSR count). The van der Waals surface area contributed by atoms with E-state index < -0.39 is 0 Å². The second-order valence-electron chi connectivity index (χ2n) is 5.02. The van der Waals surface area contributed by atoms with Gasteiger partial charge in [0.05, 0.1) is 16.8 Å². The number of hydrogen-bond donors (Lipinski definition) is 1. The molecule has 1 aliphatic carbocycles. The monoisotopic (exact) mass is 333 g/mol. The zero-order valence-electron chi connectivity index (χ0n) is 11.3. The van der Waals surface area contributed by atoms with E-state index in [-0.39, 0.29) is 0 Å². The summed E-state index contributed by atoms with van der Waals surface area (Å²) >= 11 is 3.40. The van der Waals surface area contributed by atoms with Gasteiger partial charge in [-0.2, -0.15) is 0 Å². The van der Waals surface area contributed by atoms with Crippen LogP contribution in [0.15, 0.2) is 28.7 Å². The maximum Gasteiger partial charge on any atom is 0.161 e. The number of benzene rings is 1. The average Bonchev–Trinajstić information content (AvgIpc) is 3.29. The van der Waals surface area contributed by atoms with Gasteiger partial charge in [0.25, 0.3) is 0 Å². The van der Waals surface area contributed by atoms with Gasteiger partial charge in [0.2, 0.25) is 0 Å². The molecule has 104 valence electrons. The van der Waals surface area contributed by atoms with Gasteiger partial charge in [-0.3, -0.25) is 0 Å². The van der Waals surface area contributed by atoms with Crippen LogP contribution in [0, 0.1) is 0 Å². The number of ether oxygens (including phenoxy) is 1. The summed E-state index contributed by atoms with van der Waals surface area (Å²) in [5, 5.41) is 0. The van der Waals surface area contributed by atoms with Crippen molar-refractivity contribution >= 4 is 21.7 Å². The van der Waals surface area contributed by atoms with E-state index in [0.717, 1.165) is 17.2 Å². The van der Waals surface area contributed by atoms with Crippen LogP contribution in [0.25, 0.3) is 11.4 Å². The predicted molar refractivity (Wildman–Crippen MR) is 82.3 cm³/mol. The summed E-state index contributed by atoms with van der Waals surface area (Å²) in [6.45, 7) is 0.403. The molecule has 4 nitrogen and oxygen atoms in total. The van der Waals surface area contributed by atoms with Gasteiger partial charge in [-0.15, -0.1) is 0 Å².